The standard InChI is InChI=1S/C16H17N3O3/c20-14(15-6-3-9-22-15)10-17-16(21)7-8-19-11-18-12-4-1-2-5-13(12)19/h1-6,9,11,14,20H,7-8,10H2,(H,17,21). The minimum Gasteiger partial charge on any atom is -0.467 e. The molecule has 114 valence electrons. The van der Waals surface area contributed by atoms with Crippen molar-refractivity contribution in [3.05, 3.63) is 54.7 Å². The highest BCUT2D eigenvalue weighted by atomic mass is 16.4. The van der Waals surface area contributed by atoms with E-state index >= 15 is 0 Å². The van der Waals surface area contributed by atoms with Crippen LogP contribution in [0.2, 0.25) is 0 Å². The fourth-order valence-corrected chi connectivity index (χ4v) is 2.29. The average molecular weight is 299 g/mol. The van der Waals surface area contributed by atoms with Gasteiger partial charge in [-0.2, -0.15) is 0 Å². The molecule has 6 nitrogen and oxygen atoms in total. The number of carbonyl (C=O) groups excluding carboxylic acids is 1. The van der Waals surface area contributed by atoms with Gasteiger partial charge in [-0.05, 0) is 24.3 Å². The molecule has 2 aromatic heterocycles. The van der Waals surface area contributed by atoms with E-state index in [-0.39, 0.29) is 12.5 Å². The number of rotatable bonds is 6. The second kappa shape index (κ2) is 6.44. The van der Waals surface area contributed by atoms with E-state index in [0.717, 1.165) is 11.0 Å². The van der Waals surface area contributed by atoms with E-state index in [1.165, 1.54) is 6.26 Å². The quantitative estimate of drug-likeness (QED) is 0.728. The molecule has 0 spiro atoms. The van der Waals surface area contributed by atoms with Crippen LogP contribution in [-0.4, -0.2) is 27.1 Å². The number of hydrogen-bond donors (Lipinski definition) is 2. The number of aliphatic hydroxyl groups excluding tert-OH is 1. The molecule has 0 saturated carbocycles. The van der Waals surface area contributed by atoms with Crippen molar-refractivity contribution < 1.29 is 14.3 Å². The fourth-order valence-electron chi connectivity index (χ4n) is 2.29. The van der Waals surface area contributed by atoms with Crippen LogP contribution in [-0.2, 0) is 11.3 Å². The number of nitrogens with zero attached hydrogens (tertiary/aromatic N) is 2. The van der Waals surface area contributed by atoms with Crippen LogP contribution in [0.15, 0.2) is 53.4 Å². The smallest absolute Gasteiger partial charge is 0.221 e. The van der Waals surface area contributed by atoms with Gasteiger partial charge in [-0.15, -0.1) is 0 Å². The third-order valence-electron chi connectivity index (χ3n) is 3.47. The highest BCUT2D eigenvalue weighted by Crippen LogP contribution is 2.13. The molecule has 2 N–H and O–H groups in total. The number of amides is 1. The molecule has 3 rings (SSSR count). The molecule has 0 radical (unpaired) electrons. The molecule has 0 aliphatic carbocycles. The molecule has 0 aliphatic heterocycles. The van der Waals surface area contributed by atoms with Crippen molar-refractivity contribution in [1.29, 1.82) is 0 Å². The van der Waals surface area contributed by atoms with Crippen molar-refractivity contribution in [3.63, 3.8) is 0 Å². The summed E-state index contributed by atoms with van der Waals surface area (Å²) in [5.41, 5.74) is 1.92. The van der Waals surface area contributed by atoms with E-state index in [0.29, 0.717) is 18.7 Å². The second-order valence-electron chi connectivity index (χ2n) is 5.01. The van der Waals surface area contributed by atoms with Gasteiger partial charge in [0.05, 0.1) is 30.2 Å². The molecule has 6 heteroatoms. The van der Waals surface area contributed by atoms with Crippen LogP contribution in [0.3, 0.4) is 0 Å². The summed E-state index contributed by atoms with van der Waals surface area (Å²) in [6.45, 7) is 0.681. The summed E-state index contributed by atoms with van der Waals surface area (Å²) in [5.74, 6) is 0.323. The van der Waals surface area contributed by atoms with Gasteiger partial charge in [0, 0.05) is 13.0 Å². The van der Waals surface area contributed by atoms with E-state index in [1.54, 1.807) is 18.5 Å². The van der Waals surface area contributed by atoms with E-state index in [1.807, 2.05) is 28.8 Å². The summed E-state index contributed by atoms with van der Waals surface area (Å²) in [6, 6.07) is 11.2. The lowest BCUT2D eigenvalue weighted by atomic mass is 10.2. The molecule has 0 bridgehead atoms. The molecule has 1 amide bonds. The maximum atomic E-state index is 11.9. The topological polar surface area (TPSA) is 80.3 Å². The van der Waals surface area contributed by atoms with Crippen LogP contribution in [0.25, 0.3) is 11.0 Å². The Labute approximate surface area is 127 Å². The minimum atomic E-state index is -0.826. The van der Waals surface area contributed by atoms with Gasteiger partial charge in [0.15, 0.2) is 0 Å². The zero-order chi connectivity index (χ0) is 15.4. The number of aliphatic hydroxyl groups is 1. The predicted octanol–water partition coefficient (Wildman–Crippen LogP) is 1.87. The van der Waals surface area contributed by atoms with Gasteiger partial charge in [0.25, 0.3) is 0 Å². The molecule has 1 unspecified atom stereocenters. The average Bonchev–Trinajstić information content (AvgIpc) is 3.20. The number of imidazole rings is 1. The molecular weight excluding hydrogens is 282 g/mol. The van der Waals surface area contributed by atoms with Crippen LogP contribution in [0.4, 0.5) is 0 Å². The number of para-hydroxylation sites is 2. The number of nitrogens with one attached hydrogen (secondary N) is 1. The lowest BCUT2D eigenvalue weighted by Gasteiger charge is -2.10. The number of furan rings is 1. The van der Waals surface area contributed by atoms with Crippen LogP contribution in [0.5, 0.6) is 0 Å². The summed E-state index contributed by atoms with van der Waals surface area (Å²) in [5, 5.41) is 12.5. The number of carbonyl (C=O) groups is 1. The van der Waals surface area contributed by atoms with Crippen molar-refractivity contribution in [2.45, 2.75) is 19.1 Å². The Bertz CT molecular complexity index is 749. The highest BCUT2D eigenvalue weighted by Gasteiger charge is 2.12. The van der Waals surface area contributed by atoms with Crippen molar-refractivity contribution in [2.75, 3.05) is 6.54 Å². The third kappa shape index (κ3) is 3.17. The Hall–Kier alpha value is -2.60. The van der Waals surface area contributed by atoms with Gasteiger partial charge in [-0.1, -0.05) is 12.1 Å². The molecule has 1 aromatic carbocycles. The summed E-state index contributed by atoms with van der Waals surface area (Å²) in [7, 11) is 0. The molecule has 0 saturated heterocycles. The Morgan fingerprint density at radius 2 is 2.18 bits per heavy atom. The molecule has 22 heavy (non-hydrogen) atoms. The lowest BCUT2D eigenvalue weighted by Crippen LogP contribution is -2.28. The van der Waals surface area contributed by atoms with Crippen molar-refractivity contribution in [2.24, 2.45) is 0 Å². The van der Waals surface area contributed by atoms with Crippen molar-refractivity contribution in [1.82, 2.24) is 14.9 Å². The zero-order valence-corrected chi connectivity index (χ0v) is 12.0. The maximum Gasteiger partial charge on any atom is 0.221 e. The molecule has 0 aliphatic rings. The van der Waals surface area contributed by atoms with Crippen LogP contribution in [0.1, 0.15) is 18.3 Å². The first kappa shape index (κ1) is 14.3. The van der Waals surface area contributed by atoms with Crippen molar-refractivity contribution >= 4 is 16.9 Å². The Morgan fingerprint density at radius 3 is 3.00 bits per heavy atom. The Morgan fingerprint density at radius 1 is 1.32 bits per heavy atom. The summed E-state index contributed by atoms with van der Waals surface area (Å²) >= 11 is 0. The zero-order valence-electron chi connectivity index (χ0n) is 12.0. The number of aryl methyl sites for hydroxylation is 1. The van der Waals surface area contributed by atoms with E-state index in [9.17, 15) is 9.90 Å². The van der Waals surface area contributed by atoms with Gasteiger partial charge in [-0.25, -0.2) is 4.98 Å². The Kier molecular flexibility index (Phi) is 4.20. The Balaban J connectivity index is 1.50. The first-order valence-electron chi connectivity index (χ1n) is 7.12. The van der Waals surface area contributed by atoms with Gasteiger partial charge in [-0.3, -0.25) is 4.79 Å². The molecular formula is C16H17N3O3. The van der Waals surface area contributed by atoms with Crippen LogP contribution >= 0.6 is 0 Å². The first-order valence-corrected chi connectivity index (χ1v) is 7.12. The largest absolute Gasteiger partial charge is 0.467 e. The molecule has 2 heterocycles. The highest BCUT2D eigenvalue weighted by molar-refractivity contribution is 5.77. The SMILES string of the molecule is O=C(CCn1cnc2ccccc21)NCC(O)c1ccco1. The van der Waals surface area contributed by atoms with Crippen molar-refractivity contribution in [3.8, 4) is 0 Å². The minimum absolute atomic E-state index is 0.122. The van der Waals surface area contributed by atoms with E-state index in [4.69, 9.17) is 4.42 Å². The van der Waals surface area contributed by atoms with Gasteiger partial charge in [0.1, 0.15) is 11.9 Å². The van der Waals surface area contributed by atoms with E-state index < -0.39 is 6.10 Å². The number of benzene rings is 1. The van der Waals surface area contributed by atoms with E-state index in [2.05, 4.69) is 10.3 Å². The summed E-state index contributed by atoms with van der Waals surface area (Å²) < 4.78 is 7.02. The third-order valence-corrected chi connectivity index (χ3v) is 3.47. The normalized spacial score (nSPS) is 12.4. The number of aromatic nitrogens is 2. The van der Waals surface area contributed by atoms with Gasteiger partial charge in [0.2, 0.25) is 5.91 Å². The first-order chi connectivity index (χ1) is 10.7. The summed E-state index contributed by atoms with van der Waals surface area (Å²) in [4.78, 5) is 16.1. The fraction of sp³-hybridized carbons (Fsp3) is 0.250. The van der Waals surface area contributed by atoms with Crippen LogP contribution in [0, 0.1) is 0 Å². The molecule has 3 aromatic rings. The molecule has 1 atom stereocenters. The number of hydrogen-bond acceptors (Lipinski definition) is 4. The predicted molar refractivity (Wildman–Crippen MR) is 81.0 cm³/mol. The van der Waals surface area contributed by atoms with Gasteiger partial charge >= 0.3 is 0 Å². The number of fused-ring (bicyclic) bond motifs is 1. The second-order valence-corrected chi connectivity index (χ2v) is 5.01. The maximum absolute atomic E-state index is 11.9. The summed E-state index contributed by atoms with van der Waals surface area (Å²) in [6.07, 6.45) is 2.72. The lowest BCUT2D eigenvalue weighted by molar-refractivity contribution is -0.121. The molecule has 0 fully saturated rings. The van der Waals surface area contributed by atoms with Gasteiger partial charge < -0.3 is 19.4 Å². The monoisotopic (exact) mass is 299 g/mol. The van der Waals surface area contributed by atoms with Crippen LogP contribution < -0.4 is 5.32 Å².